The summed E-state index contributed by atoms with van der Waals surface area (Å²) < 4.78 is 13.0. The van der Waals surface area contributed by atoms with Crippen LogP contribution in [0.2, 0.25) is 0 Å². The van der Waals surface area contributed by atoms with Crippen LogP contribution >= 0.6 is 0 Å². The van der Waals surface area contributed by atoms with Crippen LogP contribution in [-0.2, 0) is 4.79 Å². The van der Waals surface area contributed by atoms with E-state index in [1.165, 1.54) is 0 Å². The monoisotopic (exact) mass is 326 g/mol. The smallest absolute Gasteiger partial charge is 0.241 e. The molecule has 1 aromatic heterocycles. The highest BCUT2D eigenvalue weighted by molar-refractivity contribution is 5.96. The molecule has 1 unspecified atom stereocenters. The van der Waals surface area contributed by atoms with Crippen molar-refractivity contribution in [2.75, 3.05) is 5.32 Å². The molecule has 1 saturated heterocycles. The molecule has 1 aliphatic heterocycles. The number of hydrogen-bond acceptors (Lipinski definition) is 4. The number of fused-ring (bicyclic) bond motifs is 1. The van der Waals surface area contributed by atoms with Gasteiger partial charge in [-0.25, -0.2) is 14.4 Å². The molecule has 2 heterocycles. The van der Waals surface area contributed by atoms with Gasteiger partial charge in [-0.05, 0) is 50.3 Å². The van der Waals surface area contributed by atoms with Crippen LogP contribution in [0.1, 0.15) is 25.3 Å². The number of rotatable bonds is 3. The van der Waals surface area contributed by atoms with E-state index in [1.54, 1.807) is 0 Å². The molecule has 2 aliphatic rings. The summed E-state index contributed by atoms with van der Waals surface area (Å²) in [4.78, 5) is 20.5. The van der Waals surface area contributed by atoms with E-state index < -0.39 is 5.82 Å². The molecule has 2 aromatic rings. The third-order valence-electron chi connectivity index (χ3n) is 5.12. The first-order valence-corrected chi connectivity index (χ1v) is 8.12. The largest absolute Gasteiger partial charge is 0.325 e. The second-order valence-corrected chi connectivity index (χ2v) is 6.99. The van der Waals surface area contributed by atoms with E-state index in [0.29, 0.717) is 17.4 Å². The van der Waals surface area contributed by atoms with Crippen LogP contribution in [0.4, 0.5) is 10.1 Å². The fourth-order valence-corrected chi connectivity index (χ4v) is 3.51. The lowest BCUT2D eigenvalue weighted by atomic mass is 10.1. The number of benzene rings is 1. The highest BCUT2D eigenvalue weighted by atomic mass is 19.1. The molecule has 6 heteroatoms. The molecule has 124 valence electrons. The molecule has 0 radical (unpaired) electrons. The molecule has 4 rings (SSSR count). The lowest BCUT2D eigenvalue weighted by Gasteiger charge is -2.16. The van der Waals surface area contributed by atoms with Crippen LogP contribution in [0.3, 0.4) is 0 Å². The number of aryl methyl sites for hydroxylation is 1. The summed E-state index contributed by atoms with van der Waals surface area (Å²) in [7, 11) is 0. The van der Waals surface area contributed by atoms with E-state index in [2.05, 4.69) is 27.5 Å². The molecule has 0 bridgehead atoms. The van der Waals surface area contributed by atoms with Crippen molar-refractivity contribution < 1.29 is 9.18 Å². The lowest BCUT2D eigenvalue weighted by Crippen LogP contribution is -2.41. The first-order chi connectivity index (χ1) is 11.4. The Hall–Kier alpha value is -2.34. The molecule has 5 nitrogen and oxygen atoms in total. The van der Waals surface area contributed by atoms with Gasteiger partial charge in [-0.3, -0.25) is 4.79 Å². The zero-order valence-corrected chi connectivity index (χ0v) is 13.6. The highest BCUT2D eigenvalue weighted by Crippen LogP contribution is 2.51. The number of aromatic nitrogens is 2. The quantitative estimate of drug-likeness (QED) is 0.910. The van der Waals surface area contributed by atoms with Crippen molar-refractivity contribution in [3.63, 3.8) is 0 Å². The minimum absolute atomic E-state index is 0.0155. The van der Waals surface area contributed by atoms with Gasteiger partial charge in [0.15, 0.2) is 11.6 Å². The minimum atomic E-state index is -0.472. The fraction of sp³-hybridized carbons (Fsp3) is 0.389. The molecule has 1 aliphatic carbocycles. The van der Waals surface area contributed by atoms with Crippen molar-refractivity contribution in [2.24, 2.45) is 5.92 Å². The number of anilines is 1. The lowest BCUT2D eigenvalue weighted by molar-refractivity contribution is -0.118. The van der Waals surface area contributed by atoms with Crippen molar-refractivity contribution in [3.8, 4) is 11.4 Å². The highest BCUT2D eigenvalue weighted by Gasteiger charge is 2.57. The van der Waals surface area contributed by atoms with Crippen molar-refractivity contribution in [1.29, 1.82) is 0 Å². The van der Waals surface area contributed by atoms with Crippen LogP contribution < -0.4 is 10.6 Å². The zero-order chi connectivity index (χ0) is 16.9. The number of halogens is 1. The third kappa shape index (κ3) is 2.67. The molecule has 24 heavy (non-hydrogen) atoms. The van der Waals surface area contributed by atoms with Crippen LogP contribution in [0.5, 0.6) is 0 Å². The Morgan fingerprint density at radius 3 is 2.79 bits per heavy atom. The Bertz CT molecular complexity index is 807. The van der Waals surface area contributed by atoms with Gasteiger partial charge in [0.25, 0.3) is 0 Å². The number of carbonyl (C=O) groups is 1. The number of amides is 1. The molecule has 1 saturated carbocycles. The second kappa shape index (κ2) is 5.34. The zero-order valence-electron chi connectivity index (χ0n) is 13.6. The van der Waals surface area contributed by atoms with Gasteiger partial charge in [-0.1, -0.05) is 6.07 Å². The summed E-state index contributed by atoms with van der Waals surface area (Å²) in [6.07, 6.45) is 4.33. The van der Waals surface area contributed by atoms with E-state index in [4.69, 9.17) is 0 Å². The SMILES string of the molecule is Cc1ccc(NC(=O)[C@H]2C[C@H]3CC3(C)N2)cc1-c1ncc(F)cn1. The van der Waals surface area contributed by atoms with Gasteiger partial charge < -0.3 is 10.6 Å². The van der Waals surface area contributed by atoms with Crippen molar-refractivity contribution in [3.05, 3.63) is 42.0 Å². The van der Waals surface area contributed by atoms with Crippen LogP contribution in [0, 0.1) is 18.7 Å². The minimum Gasteiger partial charge on any atom is -0.325 e. The predicted molar refractivity (Wildman–Crippen MR) is 88.8 cm³/mol. The average molecular weight is 326 g/mol. The summed E-state index contributed by atoms with van der Waals surface area (Å²) in [5.74, 6) is 0.575. The maximum absolute atomic E-state index is 13.0. The van der Waals surface area contributed by atoms with Gasteiger partial charge in [0.1, 0.15) is 0 Å². The normalized spacial score (nSPS) is 27.6. The maximum atomic E-state index is 13.0. The van der Waals surface area contributed by atoms with Gasteiger partial charge in [0.2, 0.25) is 5.91 Å². The Balaban J connectivity index is 1.53. The van der Waals surface area contributed by atoms with E-state index in [9.17, 15) is 9.18 Å². The summed E-state index contributed by atoms with van der Waals surface area (Å²) in [6.45, 7) is 4.10. The first-order valence-electron chi connectivity index (χ1n) is 8.12. The van der Waals surface area contributed by atoms with E-state index in [-0.39, 0.29) is 17.5 Å². The van der Waals surface area contributed by atoms with Gasteiger partial charge in [-0.2, -0.15) is 0 Å². The first kappa shape index (κ1) is 15.2. The number of carbonyl (C=O) groups excluding carboxylic acids is 1. The third-order valence-corrected chi connectivity index (χ3v) is 5.12. The molecular weight excluding hydrogens is 307 g/mol. The van der Waals surface area contributed by atoms with Crippen LogP contribution in [0.25, 0.3) is 11.4 Å². The van der Waals surface area contributed by atoms with Gasteiger partial charge in [-0.15, -0.1) is 0 Å². The summed E-state index contributed by atoms with van der Waals surface area (Å²) in [5.41, 5.74) is 2.60. The molecule has 2 N–H and O–H groups in total. The Labute approximate surface area is 139 Å². The Morgan fingerprint density at radius 2 is 2.12 bits per heavy atom. The Kier molecular flexibility index (Phi) is 3.38. The number of nitrogens with zero attached hydrogens (tertiary/aromatic N) is 2. The number of nitrogens with one attached hydrogen (secondary N) is 2. The number of piperidine rings is 1. The van der Waals surface area contributed by atoms with Crippen LogP contribution in [-0.4, -0.2) is 27.5 Å². The van der Waals surface area contributed by atoms with E-state index in [1.807, 2.05) is 25.1 Å². The summed E-state index contributed by atoms with van der Waals surface area (Å²) in [5, 5.41) is 6.37. The molecule has 2 fully saturated rings. The average Bonchev–Trinajstić information content (AvgIpc) is 3.07. The predicted octanol–water partition coefficient (Wildman–Crippen LogP) is 2.67. The van der Waals surface area contributed by atoms with Gasteiger partial charge in [0.05, 0.1) is 18.4 Å². The summed E-state index contributed by atoms with van der Waals surface area (Å²) in [6, 6.07) is 5.45. The van der Waals surface area contributed by atoms with E-state index in [0.717, 1.165) is 36.4 Å². The van der Waals surface area contributed by atoms with E-state index >= 15 is 0 Å². The molecule has 1 amide bonds. The maximum Gasteiger partial charge on any atom is 0.241 e. The van der Waals surface area contributed by atoms with Crippen LogP contribution in [0.15, 0.2) is 30.6 Å². The molecule has 0 spiro atoms. The Morgan fingerprint density at radius 1 is 1.38 bits per heavy atom. The van der Waals surface area contributed by atoms with Crippen molar-refractivity contribution in [2.45, 2.75) is 38.3 Å². The topological polar surface area (TPSA) is 66.9 Å². The van der Waals surface area contributed by atoms with Crippen molar-refractivity contribution in [1.82, 2.24) is 15.3 Å². The van der Waals surface area contributed by atoms with Gasteiger partial charge in [0, 0.05) is 16.8 Å². The summed E-state index contributed by atoms with van der Waals surface area (Å²) >= 11 is 0. The molecule has 3 atom stereocenters. The fourth-order valence-electron chi connectivity index (χ4n) is 3.51. The molecular formula is C18H19FN4O. The van der Waals surface area contributed by atoms with Gasteiger partial charge >= 0.3 is 0 Å². The molecule has 1 aromatic carbocycles. The second-order valence-electron chi connectivity index (χ2n) is 6.99. The van der Waals surface area contributed by atoms with Crippen molar-refractivity contribution >= 4 is 11.6 Å². The number of hydrogen-bond donors (Lipinski definition) is 2. The standard InChI is InChI=1S/C18H19FN4O/c1-10-3-4-13(6-14(10)16-20-8-12(19)9-21-16)22-17(24)15-5-11-7-18(11,2)23-15/h3-4,6,8-9,11,15,23H,5,7H2,1-2H3,(H,22,24)/t11-,15+,18?/m0/s1.